The maximum atomic E-state index is 12.8. The van der Waals surface area contributed by atoms with Crippen LogP contribution in [0.5, 0.6) is 5.75 Å². The first-order valence-electron chi connectivity index (χ1n) is 7.94. The molecule has 1 unspecified atom stereocenters. The average molecular weight is 318 g/mol. The van der Waals surface area contributed by atoms with Gasteiger partial charge in [0.15, 0.2) is 0 Å². The Labute approximate surface area is 138 Å². The van der Waals surface area contributed by atoms with Gasteiger partial charge in [-0.2, -0.15) is 0 Å². The monoisotopic (exact) mass is 318 g/mol. The van der Waals surface area contributed by atoms with Crippen molar-refractivity contribution in [2.45, 2.75) is 40.7 Å². The van der Waals surface area contributed by atoms with Gasteiger partial charge in [0.05, 0.1) is 12.8 Å². The van der Waals surface area contributed by atoms with Gasteiger partial charge in [-0.1, -0.05) is 26.8 Å². The molecule has 1 aliphatic heterocycles. The zero-order chi connectivity index (χ0) is 17.4. The number of anilines is 1. The molecule has 1 fully saturated rings. The third-order valence-corrected chi connectivity index (χ3v) is 4.18. The van der Waals surface area contributed by atoms with E-state index in [1.165, 1.54) is 0 Å². The van der Waals surface area contributed by atoms with Crippen LogP contribution in [0.2, 0.25) is 0 Å². The van der Waals surface area contributed by atoms with Crippen LogP contribution in [0.15, 0.2) is 18.2 Å². The number of ether oxygens (including phenoxy) is 1. The molecule has 1 aliphatic rings. The second kappa shape index (κ2) is 6.22. The molecule has 0 spiro atoms. The Hall–Kier alpha value is -2.04. The summed E-state index contributed by atoms with van der Waals surface area (Å²) in [5.41, 5.74) is 1.35. The summed E-state index contributed by atoms with van der Waals surface area (Å²) in [6.07, 6.45) is 0. The number of hydrogen-bond donors (Lipinski definition) is 0. The van der Waals surface area contributed by atoms with Crippen LogP contribution in [-0.4, -0.2) is 43.0 Å². The van der Waals surface area contributed by atoms with E-state index in [0.717, 1.165) is 11.3 Å². The van der Waals surface area contributed by atoms with E-state index in [-0.39, 0.29) is 11.8 Å². The van der Waals surface area contributed by atoms with Crippen molar-refractivity contribution in [1.82, 2.24) is 4.90 Å². The number of rotatable bonds is 2. The van der Waals surface area contributed by atoms with Crippen LogP contribution < -0.4 is 9.64 Å². The molecule has 1 atom stereocenters. The average Bonchev–Trinajstić information content (AvgIpc) is 2.48. The SMILES string of the molecule is COc1ccc(C)cc1N1CCN(C(=O)C(C)(C)C)C(C)C1=O. The molecule has 0 N–H and O–H groups in total. The fourth-order valence-electron chi connectivity index (χ4n) is 2.83. The molecule has 0 bridgehead atoms. The Morgan fingerprint density at radius 3 is 2.48 bits per heavy atom. The highest BCUT2D eigenvalue weighted by Crippen LogP contribution is 2.32. The van der Waals surface area contributed by atoms with E-state index in [1.807, 2.05) is 45.9 Å². The quantitative estimate of drug-likeness (QED) is 0.842. The van der Waals surface area contributed by atoms with Crippen LogP contribution in [-0.2, 0) is 9.59 Å². The Balaban J connectivity index is 2.29. The van der Waals surface area contributed by atoms with Gasteiger partial charge in [-0.3, -0.25) is 9.59 Å². The summed E-state index contributed by atoms with van der Waals surface area (Å²) < 4.78 is 5.39. The van der Waals surface area contributed by atoms with Gasteiger partial charge in [0.2, 0.25) is 11.8 Å². The summed E-state index contributed by atoms with van der Waals surface area (Å²) >= 11 is 0. The summed E-state index contributed by atoms with van der Waals surface area (Å²) in [6, 6.07) is 5.30. The van der Waals surface area contributed by atoms with Crippen LogP contribution in [0.25, 0.3) is 0 Å². The Bertz CT molecular complexity index is 619. The lowest BCUT2D eigenvalue weighted by Gasteiger charge is -2.41. The van der Waals surface area contributed by atoms with Crippen molar-refractivity contribution in [2.75, 3.05) is 25.1 Å². The highest BCUT2D eigenvalue weighted by atomic mass is 16.5. The topological polar surface area (TPSA) is 49.9 Å². The van der Waals surface area contributed by atoms with Crippen molar-refractivity contribution in [3.8, 4) is 5.75 Å². The van der Waals surface area contributed by atoms with Crippen molar-refractivity contribution in [3.63, 3.8) is 0 Å². The van der Waals surface area contributed by atoms with Gasteiger partial charge >= 0.3 is 0 Å². The number of carbonyl (C=O) groups is 2. The maximum Gasteiger partial charge on any atom is 0.249 e. The number of aryl methyl sites for hydroxylation is 1. The lowest BCUT2D eigenvalue weighted by Crippen LogP contribution is -2.59. The Morgan fingerprint density at radius 1 is 1.26 bits per heavy atom. The Morgan fingerprint density at radius 2 is 1.91 bits per heavy atom. The van der Waals surface area contributed by atoms with E-state index in [4.69, 9.17) is 4.74 Å². The van der Waals surface area contributed by atoms with Gasteiger partial charge in [0.1, 0.15) is 11.8 Å². The zero-order valence-electron chi connectivity index (χ0n) is 14.8. The predicted molar refractivity (Wildman–Crippen MR) is 90.7 cm³/mol. The molecule has 23 heavy (non-hydrogen) atoms. The van der Waals surface area contributed by atoms with E-state index in [1.54, 1.807) is 23.8 Å². The fraction of sp³-hybridized carbons (Fsp3) is 0.556. The van der Waals surface area contributed by atoms with E-state index < -0.39 is 11.5 Å². The first kappa shape index (κ1) is 17.3. The molecule has 126 valence electrons. The number of carbonyl (C=O) groups excluding carboxylic acids is 2. The molecular formula is C18H26N2O3. The fourth-order valence-corrected chi connectivity index (χ4v) is 2.83. The molecule has 1 aromatic rings. The minimum absolute atomic E-state index is 0.00853. The van der Waals surface area contributed by atoms with Gasteiger partial charge < -0.3 is 14.5 Å². The van der Waals surface area contributed by atoms with Gasteiger partial charge in [0.25, 0.3) is 0 Å². The van der Waals surface area contributed by atoms with E-state index in [0.29, 0.717) is 18.8 Å². The summed E-state index contributed by atoms with van der Waals surface area (Å²) in [6.45, 7) is 10.4. The lowest BCUT2D eigenvalue weighted by atomic mass is 9.93. The van der Waals surface area contributed by atoms with Crippen LogP contribution in [0.4, 0.5) is 5.69 Å². The minimum atomic E-state index is -0.488. The van der Waals surface area contributed by atoms with E-state index in [9.17, 15) is 9.59 Å². The molecule has 2 rings (SSSR count). The number of nitrogens with zero attached hydrogens (tertiary/aromatic N) is 2. The minimum Gasteiger partial charge on any atom is -0.495 e. The lowest BCUT2D eigenvalue weighted by molar-refractivity contribution is -0.147. The van der Waals surface area contributed by atoms with Crippen LogP contribution in [0.3, 0.4) is 0 Å². The summed E-state index contributed by atoms with van der Waals surface area (Å²) in [7, 11) is 1.60. The van der Waals surface area contributed by atoms with E-state index >= 15 is 0 Å². The van der Waals surface area contributed by atoms with E-state index in [2.05, 4.69) is 0 Å². The Kier molecular flexibility index (Phi) is 4.68. The molecule has 1 saturated heterocycles. The summed E-state index contributed by atoms with van der Waals surface area (Å²) in [5.74, 6) is 0.610. The van der Waals surface area contributed by atoms with Crippen molar-refractivity contribution in [2.24, 2.45) is 5.41 Å². The summed E-state index contributed by atoms with van der Waals surface area (Å²) in [4.78, 5) is 28.8. The molecular weight excluding hydrogens is 292 g/mol. The largest absolute Gasteiger partial charge is 0.495 e. The van der Waals surface area contributed by atoms with Gasteiger partial charge in [-0.15, -0.1) is 0 Å². The molecule has 1 aromatic carbocycles. The molecule has 0 aliphatic carbocycles. The smallest absolute Gasteiger partial charge is 0.249 e. The second-order valence-corrected chi connectivity index (χ2v) is 7.09. The summed E-state index contributed by atoms with van der Waals surface area (Å²) in [5, 5.41) is 0. The molecule has 0 aromatic heterocycles. The van der Waals surface area contributed by atoms with Crippen LogP contribution in [0.1, 0.15) is 33.3 Å². The first-order valence-corrected chi connectivity index (χ1v) is 7.94. The number of amides is 2. The van der Waals surface area contributed by atoms with Crippen LogP contribution >= 0.6 is 0 Å². The maximum absolute atomic E-state index is 12.8. The van der Waals surface area contributed by atoms with Crippen molar-refractivity contribution < 1.29 is 14.3 Å². The second-order valence-electron chi connectivity index (χ2n) is 7.09. The first-order chi connectivity index (χ1) is 10.7. The molecule has 0 radical (unpaired) electrons. The predicted octanol–water partition coefficient (Wildman–Crippen LogP) is 2.61. The highest BCUT2D eigenvalue weighted by molar-refractivity contribution is 6.01. The molecule has 2 amide bonds. The highest BCUT2D eigenvalue weighted by Gasteiger charge is 2.39. The van der Waals surface area contributed by atoms with Crippen molar-refractivity contribution in [1.29, 1.82) is 0 Å². The van der Waals surface area contributed by atoms with Gasteiger partial charge in [0, 0.05) is 18.5 Å². The number of hydrogen-bond acceptors (Lipinski definition) is 3. The number of methoxy groups -OCH3 is 1. The normalized spacial score (nSPS) is 19.0. The third-order valence-electron chi connectivity index (χ3n) is 4.18. The van der Waals surface area contributed by atoms with Crippen molar-refractivity contribution in [3.05, 3.63) is 23.8 Å². The third kappa shape index (κ3) is 3.33. The molecule has 1 heterocycles. The molecule has 5 nitrogen and oxygen atoms in total. The molecule has 0 saturated carbocycles. The van der Waals surface area contributed by atoms with Gasteiger partial charge in [-0.05, 0) is 31.5 Å². The number of benzene rings is 1. The standard InChI is InChI=1S/C18H26N2O3/c1-12-7-8-15(23-6)14(11-12)20-10-9-19(13(2)16(20)21)17(22)18(3,4)5/h7-8,11,13H,9-10H2,1-6H3. The van der Waals surface area contributed by atoms with Gasteiger partial charge in [-0.25, -0.2) is 0 Å². The zero-order valence-corrected chi connectivity index (χ0v) is 14.8. The van der Waals surface area contributed by atoms with Crippen molar-refractivity contribution >= 4 is 17.5 Å². The van der Waals surface area contributed by atoms with Crippen LogP contribution in [0, 0.1) is 12.3 Å². The molecule has 5 heteroatoms. The number of piperazine rings is 1.